The summed E-state index contributed by atoms with van der Waals surface area (Å²) in [5.74, 6) is 0. The van der Waals surface area contributed by atoms with Crippen LogP contribution in [-0.2, 0) is 29.0 Å². The van der Waals surface area contributed by atoms with Gasteiger partial charge in [-0.1, -0.05) is 42.5 Å². The fourth-order valence-corrected chi connectivity index (χ4v) is 3.62. The SMILES string of the molecule is COCN(C(=O)OCc1ccccc1)[C@@H]1Cc2cccc3[nH]c(=O)n(c23)C1. The molecule has 2 heterocycles. The molecule has 0 unspecified atom stereocenters. The van der Waals surface area contributed by atoms with Gasteiger partial charge < -0.3 is 14.5 Å². The first-order valence-electron chi connectivity index (χ1n) is 8.84. The normalized spacial score (nSPS) is 15.7. The molecule has 0 spiro atoms. The van der Waals surface area contributed by atoms with Gasteiger partial charge in [0.1, 0.15) is 13.3 Å². The van der Waals surface area contributed by atoms with Crippen LogP contribution in [0.4, 0.5) is 4.79 Å². The zero-order valence-electron chi connectivity index (χ0n) is 15.1. The lowest BCUT2D eigenvalue weighted by Crippen LogP contribution is -2.47. The van der Waals surface area contributed by atoms with E-state index in [1.54, 1.807) is 9.47 Å². The van der Waals surface area contributed by atoms with E-state index in [0.29, 0.717) is 13.0 Å². The lowest BCUT2D eigenvalue weighted by molar-refractivity contribution is 0.0130. The van der Waals surface area contributed by atoms with Crippen molar-refractivity contribution in [1.29, 1.82) is 0 Å². The van der Waals surface area contributed by atoms with Crippen LogP contribution in [0.15, 0.2) is 53.3 Å². The molecule has 27 heavy (non-hydrogen) atoms. The van der Waals surface area contributed by atoms with E-state index in [2.05, 4.69) is 4.98 Å². The van der Waals surface area contributed by atoms with E-state index in [4.69, 9.17) is 9.47 Å². The van der Waals surface area contributed by atoms with E-state index in [1.165, 1.54) is 7.11 Å². The van der Waals surface area contributed by atoms with E-state index < -0.39 is 6.09 Å². The number of carbonyl (C=O) groups is 1. The second-order valence-corrected chi connectivity index (χ2v) is 6.64. The Morgan fingerprint density at radius 3 is 2.81 bits per heavy atom. The Bertz CT molecular complexity index is 1010. The zero-order valence-corrected chi connectivity index (χ0v) is 15.1. The summed E-state index contributed by atoms with van der Waals surface area (Å²) in [6, 6.07) is 15.1. The molecule has 7 heteroatoms. The van der Waals surface area contributed by atoms with Crippen LogP contribution in [-0.4, -0.2) is 40.4 Å². The summed E-state index contributed by atoms with van der Waals surface area (Å²) >= 11 is 0. The fourth-order valence-electron chi connectivity index (χ4n) is 3.62. The van der Waals surface area contributed by atoms with Crippen molar-refractivity contribution in [3.8, 4) is 0 Å². The average Bonchev–Trinajstić information content (AvgIpc) is 3.02. The van der Waals surface area contributed by atoms with Crippen molar-refractivity contribution in [1.82, 2.24) is 14.5 Å². The fraction of sp³-hybridized carbons (Fsp3) is 0.300. The van der Waals surface area contributed by atoms with Crippen LogP contribution in [0.3, 0.4) is 0 Å². The maximum absolute atomic E-state index is 12.7. The summed E-state index contributed by atoms with van der Waals surface area (Å²) in [7, 11) is 1.54. The van der Waals surface area contributed by atoms with E-state index in [0.717, 1.165) is 22.2 Å². The lowest BCUT2D eigenvalue weighted by atomic mass is 10.00. The number of hydrogen-bond donors (Lipinski definition) is 1. The first-order chi connectivity index (χ1) is 13.2. The van der Waals surface area contributed by atoms with E-state index in [1.807, 2.05) is 48.5 Å². The van der Waals surface area contributed by atoms with Gasteiger partial charge in [0.25, 0.3) is 0 Å². The highest BCUT2D eigenvalue weighted by atomic mass is 16.6. The highest BCUT2D eigenvalue weighted by Gasteiger charge is 2.31. The number of hydrogen-bond acceptors (Lipinski definition) is 4. The van der Waals surface area contributed by atoms with Gasteiger partial charge >= 0.3 is 11.8 Å². The molecule has 1 amide bonds. The molecule has 1 aromatic heterocycles. The summed E-state index contributed by atoms with van der Waals surface area (Å²) in [6.45, 7) is 0.694. The van der Waals surface area contributed by atoms with Crippen LogP contribution >= 0.6 is 0 Å². The predicted octanol–water partition coefficient (Wildman–Crippen LogP) is 2.50. The monoisotopic (exact) mass is 367 g/mol. The van der Waals surface area contributed by atoms with Crippen LogP contribution < -0.4 is 5.69 Å². The maximum Gasteiger partial charge on any atom is 0.412 e. The number of methoxy groups -OCH3 is 1. The topological polar surface area (TPSA) is 76.6 Å². The molecule has 0 saturated heterocycles. The Morgan fingerprint density at radius 2 is 2.04 bits per heavy atom. The van der Waals surface area contributed by atoms with Gasteiger partial charge in [-0.15, -0.1) is 0 Å². The van der Waals surface area contributed by atoms with Gasteiger partial charge in [0.15, 0.2) is 0 Å². The van der Waals surface area contributed by atoms with Crippen LogP contribution in [0, 0.1) is 0 Å². The second-order valence-electron chi connectivity index (χ2n) is 6.64. The number of imidazole rings is 1. The Balaban J connectivity index is 1.55. The molecule has 0 fully saturated rings. The third kappa shape index (κ3) is 3.33. The molecule has 0 saturated carbocycles. The number of aromatic nitrogens is 2. The van der Waals surface area contributed by atoms with Gasteiger partial charge in [0, 0.05) is 13.7 Å². The van der Waals surface area contributed by atoms with Crippen LogP contribution in [0.25, 0.3) is 11.0 Å². The number of para-hydroxylation sites is 1. The van der Waals surface area contributed by atoms with Gasteiger partial charge in [-0.3, -0.25) is 9.47 Å². The number of nitrogens with one attached hydrogen (secondary N) is 1. The first-order valence-corrected chi connectivity index (χ1v) is 8.84. The zero-order chi connectivity index (χ0) is 18.8. The van der Waals surface area contributed by atoms with Crippen molar-refractivity contribution in [2.75, 3.05) is 13.8 Å². The van der Waals surface area contributed by atoms with Gasteiger partial charge in [-0.2, -0.15) is 0 Å². The number of ether oxygens (including phenoxy) is 2. The molecule has 3 aromatic rings. The summed E-state index contributed by atoms with van der Waals surface area (Å²) in [6.07, 6.45) is 0.184. The molecule has 140 valence electrons. The summed E-state index contributed by atoms with van der Waals surface area (Å²) < 4.78 is 12.4. The van der Waals surface area contributed by atoms with Gasteiger partial charge in [0.2, 0.25) is 0 Å². The molecule has 4 rings (SSSR count). The standard InChI is InChI=1S/C20H21N3O4/c1-26-13-23(20(25)27-12-14-6-3-2-4-7-14)16-10-15-8-5-9-17-18(15)22(11-16)19(24)21-17/h2-9,16H,10-13H2,1H3,(H,21,24)/t16-/m1/s1. The Morgan fingerprint density at radius 1 is 1.22 bits per heavy atom. The Hall–Kier alpha value is -3.06. The minimum atomic E-state index is -0.454. The molecular weight excluding hydrogens is 346 g/mol. The molecule has 0 radical (unpaired) electrons. The molecule has 1 atom stereocenters. The van der Waals surface area contributed by atoms with Crippen molar-refractivity contribution >= 4 is 17.1 Å². The maximum atomic E-state index is 12.7. The first kappa shape index (κ1) is 17.4. The van der Waals surface area contributed by atoms with Crippen molar-refractivity contribution < 1.29 is 14.3 Å². The number of nitrogens with zero attached hydrogens (tertiary/aromatic N) is 2. The summed E-state index contributed by atoms with van der Waals surface area (Å²) in [5, 5.41) is 0. The van der Waals surface area contributed by atoms with Crippen molar-refractivity contribution in [2.45, 2.75) is 25.6 Å². The third-order valence-electron chi connectivity index (χ3n) is 4.87. The lowest BCUT2D eigenvalue weighted by Gasteiger charge is -2.33. The molecule has 0 bridgehead atoms. The second kappa shape index (κ2) is 7.28. The number of H-pyrrole nitrogens is 1. The quantitative estimate of drug-likeness (QED) is 0.703. The number of carbonyl (C=O) groups excluding carboxylic acids is 1. The summed E-state index contributed by atoms with van der Waals surface area (Å²) in [4.78, 5) is 29.4. The Labute approximate surface area is 156 Å². The average molecular weight is 367 g/mol. The van der Waals surface area contributed by atoms with Gasteiger partial charge in [-0.05, 0) is 23.6 Å². The number of rotatable bonds is 5. The predicted molar refractivity (Wildman–Crippen MR) is 100 cm³/mol. The molecule has 1 aliphatic heterocycles. The Kier molecular flexibility index (Phi) is 4.68. The van der Waals surface area contributed by atoms with Crippen molar-refractivity contribution in [3.63, 3.8) is 0 Å². The van der Waals surface area contributed by atoms with Crippen LogP contribution in [0.1, 0.15) is 11.1 Å². The molecule has 2 aromatic carbocycles. The van der Waals surface area contributed by atoms with Gasteiger partial charge in [-0.25, -0.2) is 9.59 Å². The number of amides is 1. The van der Waals surface area contributed by atoms with E-state index >= 15 is 0 Å². The third-order valence-corrected chi connectivity index (χ3v) is 4.87. The molecular formula is C20H21N3O4. The summed E-state index contributed by atoms with van der Waals surface area (Å²) in [5.41, 5.74) is 3.51. The number of aromatic amines is 1. The van der Waals surface area contributed by atoms with Crippen LogP contribution in [0.5, 0.6) is 0 Å². The molecule has 1 N–H and O–H groups in total. The van der Waals surface area contributed by atoms with Crippen molar-refractivity contribution in [3.05, 3.63) is 70.1 Å². The van der Waals surface area contributed by atoms with Crippen LogP contribution in [0.2, 0.25) is 0 Å². The highest BCUT2D eigenvalue weighted by molar-refractivity contribution is 5.80. The minimum Gasteiger partial charge on any atom is -0.444 e. The molecule has 7 nitrogen and oxygen atoms in total. The minimum absolute atomic E-state index is 0.1000. The highest BCUT2D eigenvalue weighted by Crippen LogP contribution is 2.25. The smallest absolute Gasteiger partial charge is 0.412 e. The van der Waals surface area contributed by atoms with Gasteiger partial charge in [0.05, 0.1) is 17.1 Å². The van der Waals surface area contributed by atoms with E-state index in [9.17, 15) is 9.59 Å². The largest absolute Gasteiger partial charge is 0.444 e. The number of benzene rings is 2. The molecule has 0 aliphatic carbocycles. The van der Waals surface area contributed by atoms with E-state index in [-0.39, 0.29) is 25.1 Å². The molecule has 1 aliphatic rings. The van der Waals surface area contributed by atoms with Crippen molar-refractivity contribution in [2.24, 2.45) is 0 Å².